The van der Waals surface area contributed by atoms with Crippen molar-refractivity contribution in [1.29, 1.82) is 0 Å². The molecule has 16 heavy (non-hydrogen) atoms. The van der Waals surface area contributed by atoms with Crippen LogP contribution in [0.5, 0.6) is 0 Å². The third-order valence-electron chi connectivity index (χ3n) is 4.01. The summed E-state index contributed by atoms with van der Waals surface area (Å²) < 4.78 is 5.69. The Morgan fingerprint density at radius 1 is 1.12 bits per heavy atom. The van der Waals surface area contributed by atoms with Crippen molar-refractivity contribution in [2.45, 2.75) is 57.1 Å². The lowest BCUT2D eigenvalue weighted by molar-refractivity contribution is 0.0740. The molecule has 0 aromatic heterocycles. The quantitative estimate of drug-likeness (QED) is 0.776. The Morgan fingerprint density at radius 2 is 2.06 bits per heavy atom. The molecule has 0 spiro atoms. The van der Waals surface area contributed by atoms with Gasteiger partial charge in [0, 0.05) is 19.2 Å². The molecule has 2 rings (SSSR count). The zero-order valence-corrected chi connectivity index (χ0v) is 10.4. The fraction of sp³-hybridized carbons (Fsp3) is 1.00. The molecular weight excluding hydrogens is 200 g/mol. The van der Waals surface area contributed by atoms with Crippen molar-refractivity contribution in [1.82, 2.24) is 4.90 Å². The van der Waals surface area contributed by atoms with Crippen LogP contribution < -0.4 is 5.73 Å². The average molecular weight is 226 g/mol. The van der Waals surface area contributed by atoms with E-state index in [1.54, 1.807) is 0 Å². The summed E-state index contributed by atoms with van der Waals surface area (Å²) in [5.41, 5.74) is 5.69. The SMILES string of the molecule is NCCC1CCCCN1CCC1CCCO1. The summed E-state index contributed by atoms with van der Waals surface area (Å²) in [5, 5.41) is 0. The van der Waals surface area contributed by atoms with E-state index in [0.29, 0.717) is 6.10 Å². The minimum atomic E-state index is 0.542. The second-order valence-corrected chi connectivity index (χ2v) is 5.19. The fourth-order valence-electron chi connectivity index (χ4n) is 3.06. The molecule has 2 heterocycles. The first-order valence-electron chi connectivity index (χ1n) is 6.96. The normalized spacial score (nSPS) is 32.1. The van der Waals surface area contributed by atoms with Crippen molar-refractivity contribution in [2.24, 2.45) is 5.73 Å². The highest BCUT2D eigenvalue weighted by Crippen LogP contribution is 2.22. The monoisotopic (exact) mass is 226 g/mol. The van der Waals surface area contributed by atoms with E-state index in [4.69, 9.17) is 10.5 Å². The lowest BCUT2D eigenvalue weighted by atomic mass is 9.98. The number of hydrogen-bond donors (Lipinski definition) is 1. The molecular formula is C13H26N2O. The van der Waals surface area contributed by atoms with Crippen LogP contribution in [0.2, 0.25) is 0 Å². The van der Waals surface area contributed by atoms with Gasteiger partial charge in [0.05, 0.1) is 6.10 Å². The van der Waals surface area contributed by atoms with Gasteiger partial charge in [0.2, 0.25) is 0 Å². The third-order valence-corrected chi connectivity index (χ3v) is 4.01. The van der Waals surface area contributed by atoms with Crippen molar-refractivity contribution >= 4 is 0 Å². The molecule has 2 atom stereocenters. The maximum absolute atomic E-state index is 5.69. The van der Waals surface area contributed by atoms with Gasteiger partial charge in [0.1, 0.15) is 0 Å². The fourth-order valence-corrected chi connectivity index (χ4v) is 3.06. The lowest BCUT2D eigenvalue weighted by Crippen LogP contribution is -2.42. The molecule has 2 aliphatic heterocycles. The van der Waals surface area contributed by atoms with E-state index in [0.717, 1.165) is 19.2 Å². The number of piperidine rings is 1. The molecule has 0 aromatic carbocycles. The topological polar surface area (TPSA) is 38.5 Å². The Kier molecular flexibility index (Phi) is 5.07. The van der Waals surface area contributed by atoms with Gasteiger partial charge in [-0.1, -0.05) is 6.42 Å². The summed E-state index contributed by atoms with van der Waals surface area (Å²) >= 11 is 0. The molecule has 3 heteroatoms. The largest absolute Gasteiger partial charge is 0.378 e. The zero-order chi connectivity index (χ0) is 11.2. The predicted molar refractivity (Wildman–Crippen MR) is 66.5 cm³/mol. The van der Waals surface area contributed by atoms with E-state index in [-0.39, 0.29) is 0 Å². The molecule has 2 N–H and O–H groups in total. The van der Waals surface area contributed by atoms with Gasteiger partial charge in [0.25, 0.3) is 0 Å². The van der Waals surface area contributed by atoms with E-state index in [2.05, 4.69) is 4.90 Å². The molecule has 2 aliphatic rings. The van der Waals surface area contributed by atoms with Crippen LogP contribution in [0.1, 0.15) is 44.9 Å². The van der Waals surface area contributed by atoms with E-state index < -0.39 is 0 Å². The molecule has 0 bridgehead atoms. The van der Waals surface area contributed by atoms with Crippen LogP contribution in [0.15, 0.2) is 0 Å². The molecule has 0 amide bonds. The molecule has 2 fully saturated rings. The second-order valence-electron chi connectivity index (χ2n) is 5.19. The van der Waals surface area contributed by atoms with Crippen molar-refractivity contribution in [3.05, 3.63) is 0 Å². The standard InChI is InChI=1S/C13H26N2O/c14-8-6-12-4-1-2-9-15(12)10-7-13-5-3-11-16-13/h12-13H,1-11,14H2. The highest BCUT2D eigenvalue weighted by atomic mass is 16.5. The first-order valence-corrected chi connectivity index (χ1v) is 6.96. The smallest absolute Gasteiger partial charge is 0.0588 e. The Morgan fingerprint density at radius 3 is 2.81 bits per heavy atom. The molecule has 0 aromatic rings. The second kappa shape index (κ2) is 6.58. The van der Waals surface area contributed by atoms with Crippen LogP contribution in [-0.2, 0) is 4.74 Å². The minimum Gasteiger partial charge on any atom is -0.378 e. The molecule has 0 radical (unpaired) electrons. The number of nitrogens with two attached hydrogens (primary N) is 1. The lowest BCUT2D eigenvalue weighted by Gasteiger charge is -2.36. The Balaban J connectivity index is 1.72. The van der Waals surface area contributed by atoms with Crippen molar-refractivity contribution in [3.8, 4) is 0 Å². The highest BCUT2D eigenvalue weighted by molar-refractivity contribution is 4.78. The molecule has 2 unspecified atom stereocenters. The van der Waals surface area contributed by atoms with Crippen molar-refractivity contribution < 1.29 is 4.74 Å². The van der Waals surface area contributed by atoms with Crippen LogP contribution in [-0.4, -0.2) is 43.3 Å². The average Bonchev–Trinajstić information content (AvgIpc) is 2.81. The summed E-state index contributed by atoms with van der Waals surface area (Å²) in [7, 11) is 0. The number of ether oxygens (including phenoxy) is 1. The maximum Gasteiger partial charge on any atom is 0.0588 e. The summed E-state index contributed by atoms with van der Waals surface area (Å²) in [6.45, 7) is 4.31. The zero-order valence-electron chi connectivity index (χ0n) is 10.4. The third kappa shape index (κ3) is 3.44. The van der Waals surface area contributed by atoms with Crippen molar-refractivity contribution in [3.63, 3.8) is 0 Å². The first-order chi connectivity index (χ1) is 7.90. The predicted octanol–water partition coefficient (Wildman–Crippen LogP) is 1.76. The molecule has 0 saturated carbocycles. The number of rotatable bonds is 5. The van der Waals surface area contributed by atoms with Gasteiger partial charge < -0.3 is 15.4 Å². The Hall–Kier alpha value is -0.120. The van der Waals surface area contributed by atoms with Crippen LogP contribution in [0.4, 0.5) is 0 Å². The van der Waals surface area contributed by atoms with E-state index in [1.807, 2.05) is 0 Å². The Bertz CT molecular complexity index is 190. The van der Waals surface area contributed by atoms with Crippen LogP contribution >= 0.6 is 0 Å². The minimum absolute atomic E-state index is 0.542. The molecule has 3 nitrogen and oxygen atoms in total. The van der Waals surface area contributed by atoms with Crippen molar-refractivity contribution in [2.75, 3.05) is 26.2 Å². The summed E-state index contributed by atoms with van der Waals surface area (Å²) in [6.07, 6.45) is 9.58. The Labute approximate surface area is 99.3 Å². The summed E-state index contributed by atoms with van der Waals surface area (Å²) in [6, 6.07) is 0.750. The number of hydrogen-bond acceptors (Lipinski definition) is 3. The van der Waals surface area contributed by atoms with Gasteiger partial charge in [-0.25, -0.2) is 0 Å². The molecule has 0 aliphatic carbocycles. The first kappa shape index (κ1) is 12.3. The van der Waals surface area contributed by atoms with Gasteiger partial charge in [-0.2, -0.15) is 0 Å². The van der Waals surface area contributed by atoms with E-state index in [9.17, 15) is 0 Å². The van der Waals surface area contributed by atoms with Crippen LogP contribution in [0.25, 0.3) is 0 Å². The maximum atomic E-state index is 5.69. The highest BCUT2D eigenvalue weighted by Gasteiger charge is 2.23. The molecule has 2 saturated heterocycles. The van der Waals surface area contributed by atoms with Gasteiger partial charge in [-0.3, -0.25) is 0 Å². The van der Waals surface area contributed by atoms with Gasteiger partial charge in [-0.05, 0) is 51.6 Å². The van der Waals surface area contributed by atoms with E-state index in [1.165, 1.54) is 58.0 Å². The van der Waals surface area contributed by atoms with E-state index >= 15 is 0 Å². The van der Waals surface area contributed by atoms with Crippen LogP contribution in [0.3, 0.4) is 0 Å². The van der Waals surface area contributed by atoms with Gasteiger partial charge in [-0.15, -0.1) is 0 Å². The van der Waals surface area contributed by atoms with Gasteiger partial charge in [0.15, 0.2) is 0 Å². The summed E-state index contributed by atoms with van der Waals surface area (Å²) in [4.78, 5) is 2.65. The number of likely N-dealkylation sites (tertiary alicyclic amines) is 1. The number of nitrogens with zero attached hydrogens (tertiary/aromatic N) is 1. The summed E-state index contributed by atoms with van der Waals surface area (Å²) in [5.74, 6) is 0. The van der Waals surface area contributed by atoms with Gasteiger partial charge >= 0.3 is 0 Å². The molecule has 94 valence electrons. The van der Waals surface area contributed by atoms with Crippen LogP contribution in [0, 0.1) is 0 Å².